The number of ether oxygens (including phenoxy) is 3. The zero-order valence-electron chi connectivity index (χ0n) is 42.6. The molecule has 0 rings (SSSR count). The lowest BCUT2D eigenvalue weighted by atomic mass is 10.1. The molecule has 0 aromatic heterocycles. The molecule has 1 atom stereocenters. The second-order valence-corrected chi connectivity index (χ2v) is 16.8. The van der Waals surface area contributed by atoms with Gasteiger partial charge in [-0.2, -0.15) is 0 Å². The van der Waals surface area contributed by atoms with Gasteiger partial charge < -0.3 is 14.2 Å². The van der Waals surface area contributed by atoms with Crippen LogP contribution in [0.15, 0.2) is 146 Å². The van der Waals surface area contributed by atoms with Crippen molar-refractivity contribution in [3.63, 3.8) is 0 Å². The van der Waals surface area contributed by atoms with Crippen LogP contribution in [0.2, 0.25) is 0 Å². The second kappa shape index (κ2) is 53.9. The molecule has 0 amide bonds. The van der Waals surface area contributed by atoms with E-state index in [1.54, 1.807) is 0 Å². The van der Waals surface area contributed by atoms with Crippen molar-refractivity contribution in [3.8, 4) is 0 Å². The fourth-order valence-corrected chi connectivity index (χ4v) is 6.56. The van der Waals surface area contributed by atoms with E-state index >= 15 is 0 Å². The summed E-state index contributed by atoms with van der Waals surface area (Å²) in [6, 6.07) is 0. The number of hydrogen-bond acceptors (Lipinski definition) is 6. The molecule has 0 bridgehead atoms. The predicted octanol–water partition coefficient (Wildman–Crippen LogP) is 17.6. The van der Waals surface area contributed by atoms with Crippen LogP contribution in [-0.4, -0.2) is 37.2 Å². The van der Waals surface area contributed by atoms with Crippen molar-refractivity contribution >= 4 is 17.9 Å². The van der Waals surface area contributed by atoms with Gasteiger partial charge in [-0.3, -0.25) is 14.4 Å². The van der Waals surface area contributed by atoms with E-state index in [1.165, 1.54) is 77.0 Å². The van der Waals surface area contributed by atoms with Crippen LogP contribution in [0.5, 0.6) is 0 Å². The first-order valence-electron chi connectivity index (χ1n) is 26.4. The molecule has 67 heavy (non-hydrogen) atoms. The Labute approximate surface area is 410 Å². The van der Waals surface area contributed by atoms with E-state index in [-0.39, 0.29) is 38.0 Å². The van der Waals surface area contributed by atoms with Gasteiger partial charge in [-0.1, -0.05) is 231 Å². The van der Waals surface area contributed by atoms with Gasteiger partial charge in [0.1, 0.15) is 13.2 Å². The molecular weight excluding hydrogens is 829 g/mol. The molecule has 0 saturated heterocycles. The Bertz CT molecular complexity index is 1530. The fraction of sp³-hybridized carbons (Fsp3) is 0.557. The van der Waals surface area contributed by atoms with Crippen LogP contribution in [0, 0.1) is 0 Å². The minimum absolute atomic E-state index is 0.131. The quantitative estimate of drug-likeness (QED) is 0.0199. The molecule has 374 valence electrons. The Morgan fingerprint density at radius 2 is 0.672 bits per heavy atom. The highest BCUT2D eigenvalue weighted by atomic mass is 16.6. The zero-order chi connectivity index (χ0) is 48.6. The second-order valence-electron chi connectivity index (χ2n) is 16.8. The van der Waals surface area contributed by atoms with Crippen LogP contribution in [-0.2, 0) is 28.6 Å². The number of carbonyl (C=O) groups excluding carboxylic acids is 3. The largest absolute Gasteiger partial charge is 0.462 e. The average molecular weight is 923 g/mol. The molecule has 0 fully saturated rings. The summed E-state index contributed by atoms with van der Waals surface area (Å²) in [5.41, 5.74) is 0. The summed E-state index contributed by atoms with van der Waals surface area (Å²) in [6.45, 7) is 6.22. The van der Waals surface area contributed by atoms with E-state index < -0.39 is 12.1 Å². The highest BCUT2D eigenvalue weighted by Gasteiger charge is 2.19. The van der Waals surface area contributed by atoms with Gasteiger partial charge in [0.05, 0.1) is 0 Å². The summed E-state index contributed by atoms with van der Waals surface area (Å²) in [7, 11) is 0. The first-order valence-corrected chi connectivity index (χ1v) is 26.4. The summed E-state index contributed by atoms with van der Waals surface area (Å²) in [5, 5.41) is 0. The van der Waals surface area contributed by atoms with Crippen molar-refractivity contribution in [1.82, 2.24) is 0 Å². The number of hydrogen-bond donors (Lipinski definition) is 0. The van der Waals surface area contributed by atoms with Gasteiger partial charge in [-0.25, -0.2) is 0 Å². The summed E-state index contributed by atoms with van der Waals surface area (Å²) >= 11 is 0. The van der Waals surface area contributed by atoms with E-state index in [0.717, 1.165) is 70.6 Å². The minimum atomic E-state index is -0.844. The molecular formula is C61H94O6. The fourth-order valence-electron chi connectivity index (χ4n) is 6.56. The normalized spacial score (nSPS) is 13.3. The third kappa shape index (κ3) is 52.1. The van der Waals surface area contributed by atoms with Crippen molar-refractivity contribution in [1.29, 1.82) is 0 Å². The van der Waals surface area contributed by atoms with Crippen LogP contribution in [0.4, 0.5) is 0 Å². The van der Waals surface area contributed by atoms with E-state index in [9.17, 15) is 14.4 Å². The molecule has 0 aromatic carbocycles. The van der Waals surface area contributed by atoms with Crippen molar-refractivity contribution < 1.29 is 28.6 Å². The van der Waals surface area contributed by atoms with Gasteiger partial charge in [0.15, 0.2) is 6.10 Å². The Hall–Kier alpha value is -4.71. The molecule has 0 aliphatic rings. The predicted molar refractivity (Wildman–Crippen MR) is 288 cm³/mol. The standard InChI is InChI=1S/C61H94O6/c1-4-7-10-13-16-19-22-25-27-29-30-32-33-36-39-42-45-48-51-54-60(63)66-57-58(56-65-59(62)53-50-47-44-41-38-35-24-21-18-15-12-9-6-3)67-61(64)55-52-49-46-43-40-37-34-31-28-26-23-20-17-14-11-8-5-2/h8-9,11-12,15-22,24-26,28,34-35,37-38,41,43-44,46,58H,4-7,10,13-14,23,27,29-33,36,39-40,42,45,47-57H2,1-3H3/b11-8+,12-9+,18-15+,19-16+,20-17+,24-21+,25-22+,28-26+,37-34+,38-35+,44-41+,46-43+. The van der Waals surface area contributed by atoms with Crippen LogP contribution < -0.4 is 0 Å². The van der Waals surface area contributed by atoms with Crippen molar-refractivity contribution in [2.45, 2.75) is 207 Å². The van der Waals surface area contributed by atoms with Crippen LogP contribution >= 0.6 is 0 Å². The number of carbonyl (C=O) groups is 3. The third-order valence-corrected chi connectivity index (χ3v) is 10.5. The summed E-state index contributed by atoms with van der Waals surface area (Å²) in [5.74, 6) is -1.08. The molecule has 0 saturated carbocycles. The van der Waals surface area contributed by atoms with Crippen LogP contribution in [0.25, 0.3) is 0 Å². The summed E-state index contributed by atoms with van der Waals surface area (Å²) < 4.78 is 16.7. The number of unbranched alkanes of at least 4 members (excludes halogenated alkanes) is 15. The Morgan fingerprint density at radius 1 is 0.328 bits per heavy atom. The van der Waals surface area contributed by atoms with Crippen molar-refractivity contribution in [3.05, 3.63) is 146 Å². The summed E-state index contributed by atoms with van der Waals surface area (Å²) in [4.78, 5) is 38.0. The maximum absolute atomic E-state index is 12.8. The molecule has 0 spiro atoms. The number of rotatable bonds is 45. The topological polar surface area (TPSA) is 78.9 Å². The maximum Gasteiger partial charge on any atom is 0.306 e. The molecule has 0 radical (unpaired) electrons. The van der Waals surface area contributed by atoms with Crippen molar-refractivity contribution in [2.24, 2.45) is 0 Å². The number of esters is 3. The average Bonchev–Trinajstić information content (AvgIpc) is 3.33. The van der Waals surface area contributed by atoms with Gasteiger partial charge in [-0.15, -0.1) is 0 Å². The lowest BCUT2D eigenvalue weighted by molar-refractivity contribution is -0.167. The Morgan fingerprint density at radius 3 is 1.16 bits per heavy atom. The van der Waals surface area contributed by atoms with E-state index in [1.807, 2.05) is 54.7 Å². The van der Waals surface area contributed by atoms with E-state index in [0.29, 0.717) is 19.3 Å². The van der Waals surface area contributed by atoms with Gasteiger partial charge in [0, 0.05) is 19.3 Å². The molecule has 6 nitrogen and oxygen atoms in total. The summed E-state index contributed by atoms with van der Waals surface area (Å²) in [6.07, 6.45) is 77.0. The highest BCUT2D eigenvalue weighted by molar-refractivity contribution is 5.71. The smallest absolute Gasteiger partial charge is 0.306 e. The van der Waals surface area contributed by atoms with Gasteiger partial charge >= 0.3 is 17.9 Å². The van der Waals surface area contributed by atoms with Gasteiger partial charge in [0.25, 0.3) is 0 Å². The lowest BCUT2D eigenvalue weighted by Gasteiger charge is -2.18. The molecule has 0 heterocycles. The molecule has 0 aliphatic carbocycles. The van der Waals surface area contributed by atoms with Gasteiger partial charge in [-0.05, 0) is 96.3 Å². The van der Waals surface area contributed by atoms with E-state index in [2.05, 4.69) is 112 Å². The molecule has 0 aromatic rings. The Kier molecular flexibility index (Phi) is 50.1. The third-order valence-electron chi connectivity index (χ3n) is 10.5. The highest BCUT2D eigenvalue weighted by Crippen LogP contribution is 2.13. The van der Waals surface area contributed by atoms with Crippen molar-refractivity contribution in [2.75, 3.05) is 13.2 Å². The Balaban J connectivity index is 4.57. The minimum Gasteiger partial charge on any atom is -0.462 e. The van der Waals surface area contributed by atoms with E-state index in [4.69, 9.17) is 14.2 Å². The first-order chi connectivity index (χ1) is 33.0. The van der Waals surface area contributed by atoms with Crippen LogP contribution in [0.3, 0.4) is 0 Å². The first kappa shape index (κ1) is 62.3. The molecule has 6 heteroatoms. The zero-order valence-corrected chi connectivity index (χ0v) is 42.6. The maximum atomic E-state index is 12.8. The van der Waals surface area contributed by atoms with Gasteiger partial charge in [0.2, 0.25) is 0 Å². The molecule has 1 unspecified atom stereocenters. The molecule has 0 aliphatic heterocycles. The van der Waals surface area contributed by atoms with Crippen LogP contribution in [0.1, 0.15) is 201 Å². The SMILES string of the molecule is CC/C=C/C=C/C=C/C=C/C=C/CCCC(=O)OCC(COC(=O)CCCCCCCCCCCC/C=C/C=C/CCCCC)OC(=O)CCC/C=C/C/C=C/C/C=C/C/C=C/C/C=C/CC. The molecule has 0 N–H and O–H groups in total. The monoisotopic (exact) mass is 923 g/mol. The lowest BCUT2D eigenvalue weighted by Crippen LogP contribution is -2.30. The number of allylic oxidation sites excluding steroid dienone is 24.